The average Bonchev–Trinajstić information content (AvgIpc) is 3.09. The Labute approximate surface area is 154 Å². The molecule has 0 saturated carbocycles. The zero-order chi connectivity index (χ0) is 18.9. The summed E-state index contributed by atoms with van der Waals surface area (Å²) in [6.45, 7) is 6.54. The van der Waals surface area contributed by atoms with E-state index in [1.165, 1.54) is 4.31 Å². The lowest BCUT2D eigenvalue weighted by atomic mass is 9.91. The smallest absolute Gasteiger partial charge is 0.231 e. The van der Waals surface area contributed by atoms with Crippen molar-refractivity contribution in [2.24, 2.45) is 5.92 Å². The van der Waals surface area contributed by atoms with Gasteiger partial charge in [0.1, 0.15) is 0 Å². The van der Waals surface area contributed by atoms with E-state index in [4.69, 9.17) is 9.47 Å². The molecule has 1 N–H and O–H groups in total. The predicted molar refractivity (Wildman–Crippen MR) is 97.5 cm³/mol. The molecule has 1 amide bonds. The van der Waals surface area contributed by atoms with Gasteiger partial charge >= 0.3 is 0 Å². The first kappa shape index (κ1) is 19.0. The zero-order valence-electron chi connectivity index (χ0n) is 15.4. The maximum absolute atomic E-state index is 12.7. The molecule has 2 aliphatic rings. The van der Waals surface area contributed by atoms with Crippen molar-refractivity contribution in [1.82, 2.24) is 9.62 Å². The third kappa shape index (κ3) is 3.81. The molecule has 0 spiro atoms. The number of benzene rings is 1. The SMILES string of the molecule is CCS(=O)(=O)N1CCC(C(=O)NC(C)(C)c2ccc3c(c2)OCO3)CC1. The number of nitrogens with one attached hydrogen (secondary N) is 1. The van der Waals surface area contributed by atoms with Gasteiger partial charge in [0, 0.05) is 19.0 Å². The van der Waals surface area contributed by atoms with Gasteiger partial charge in [0.25, 0.3) is 0 Å². The molecule has 1 fully saturated rings. The van der Waals surface area contributed by atoms with Crippen LogP contribution >= 0.6 is 0 Å². The fourth-order valence-corrected chi connectivity index (χ4v) is 4.48. The van der Waals surface area contributed by atoms with Crippen LogP contribution in [-0.2, 0) is 20.4 Å². The first-order valence-electron chi connectivity index (χ1n) is 8.93. The van der Waals surface area contributed by atoms with Crippen LogP contribution in [0.5, 0.6) is 11.5 Å². The molecule has 7 nitrogen and oxygen atoms in total. The van der Waals surface area contributed by atoms with Crippen LogP contribution in [-0.4, -0.2) is 44.3 Å². The molecule has 3 rings (SSSR count). The quantitative estimate of drug-likeness (QED) is 0.840. The van der Waals surface area contributed by atoms with Crippen molar-refractivity contribution in [2.75, 3.05) is 25.6 Å². The third-order valence-electron chi connectivity index (χ3n) is 5.11. The standard InChI is InChI=1S/C18H26N2O5S/c1-4-26(22,23)20-9-7-13(8-10-20)17(21)19-18(2,3)14-5-6-15-16(11-14)25-12-24-15/h5-6,11,13H,4,7-10,12H2,1-3H3,(H,19,21). The largest absolute Gasteiger partial charge is 0.454 e. The second-order valence-corrected chi connectivity index (χ2v) is 9.51. The van der Waals surface area contributed by atoms with Crippen molar-refractivity contribution in [1.29, 1.82) is 0 Å². The minimum absolute atomic E-state index is 0.0405. The van der Waals surface area contributed by atoms with Crippen LogP contribution < -0.4 is 14.8 Å². The Morgan fingerprint density at radius 2 is 1.88 bits per heavy atom. The second kappa shape index (κ2) is 7.08. The number of hydrogen-bond donors (Lipinski definition) is 1. The minimum Gasteiger partial charge on any atom is -0.454 e. The number of piperidine rings is 1. The summed E-state index contributed by atoms with van der Waals surface area (Å²) in [5.41, 5.74) is 0.367. The summed E-state index contributed by atoms with van der Waals surface area (Å²) in [7, 11) is -3.18. The van der Waals surface area contributed by atoms with Gasteiger partial charge in [0.05, 0.1) is 11.3 Å². The fourth-order valence-electron chi connectivity index (χ4n) is 3.35. The van der Waals surface area contributed by atoms with Crippen LogP contribution in [0.3, 0.4) is 0 Å². The Kier molecular flexibility index (Phi) is 5.16. The van der Waals surface area contributed by atoms with E-state index >= 15 is 0 Å². The van der Waals surface area contributed by atoms with Crippen molar-refractivity contribution < 1.29 is 22.7 Å². The fraction of sp³-hybridized carbons (Fsp3) is 0.611. The van der Waals surface area contributed by atoms with Crippen LogP contribution in [0.15, 0.2) is 18.2 Å². The summed E-state index contributed by atoms with van der Waals surface area (Å²) in [6.07, 6.45) is 1.09. The van der Waals surface area contributed by atoms with Crippen LogP contribution in [0.2, 0.25) is 0 Å². The number of hydrogen-bond acceptors (Lipinski definition) is 5. The first-order valence-corrected chi connectivity index (χ1v) is 10.5. The summed E-state index contributed by atoms with van der Waals surface area (Å²) in [6, 6.07) is 5.66. The highest BCUT2D eigenvalue weighted by molar-refractivity contribution is 7.89. The molecular formula is C18H26N2O5S. The van der Waals surface area contributed by atoms with Crippen molar-refractivity contribution in [3.05, 3.63) is 23.8 Å². The maximum Gasteiger partial charge on any atom is 0.231 e. The number of carbonyl (C=O) groups excluding carboxylic acids is 1. The number of nitrogens with zero attached hydrogens (tertiary/aromatic N) is 1. The molecule has 0 unspecified atom stereocenters. The summed E-state index contributed by atoms with van der Waals surface area (Å²) >= 11 is 0. The van der Waals surface area contributed by atoms with Crippen LogP contribution in [0.4, 0.5) is 0 Å². The van der Waals surface area contributed by atoms with E-state index in [0.29, 0.717) is 37.4 Å². The van der Waals surface area contributed by atoms with E-state index in [-0.39, 0.29) is 24.4 Å². The number of fused-ring (bicyclic) bond motifs is 1. The van der Waals surface area contributed by atoms with E-state index < -0.39 is 15.6 Å². The number of amides is 1. The van der Waals surface area contributed by atoms with Gasteiger partial charge in [-0.3, -0.25) is 4.79 Å². The van der Waals surface area contributed by atoms with Gasteiger partial charge in [-0.05, 0) is 51.3 Å². The normalized spacial score (nSPS) is 18.7. The molecule has 2 heterocycles. The Morgan fingerprint density at radius 3 is 2.54 bits per heavy atom. The van der Waals surface area contributed by atoms with Crippen molar-refractivity contribution in [2.45, 2.75) is 39.2 Å². The van der Waals surface area contributed by atoms with Crippen LogP contribution in [0.25, 0.3) is 0 Å². The molecule has 0 atom stereocenters. The predicted octanol–water partition coefficient (Wildman–Crippen LogP) is 1.83. The lowest BCUT2D eigenvalue weighted by Crippen LogP contribution is -2.48. The summed E-state index contributed by atoms with van der Waals surface area (Å²) < 4.78 is 36.1. The third-order valence-corrected chi connectivity index (χ3v) is 6.99. The number of ether oxygens (including phenoxy) is 2. The topological polar surface area (TPSA) is 84.9 Å². The van der Waals surface area contributed by atoms with Gasteiger partial charge in [-0.15, -0.1) is 0 Å². The number of carbonyl (C=O) groups is 1. The van der Waals surface area contributed by atoms with E-state index in [1.807, 2.05) is 32.0 Å². The highest BCUT2D eigenvalue weighted by Crippen LogP contribution is 2.35. The molecule has 0 bridgehead atoms. The van der Waals surface area contributed by atoms with Gasteiger partial charge in [-0.25, -0.2) is 12.7 Å². The van der Waals surface area contributed by atoms with Gasteiger partial charge in [-0.2, -0.15) is 0 Å². The Morgan fingerprint density at radius 1 is 1.23 bits per heavy atom. The minimum atomic E-state index is -3.18. The Bertz CT molecular complexity index is 783. The second-order valence-electron chi connectivity index (χ2n) is 7.26. The molecule has 1 aromatic rings. The van der Waals surface area contributed by atoms with Crippen LogP contribution in [0, 0.1) is 5.92 Å². The van der Waals surface area contributed by atoms with Crippen molar-refractivity contribution >= 4 is 15.9 Å². The van der Waals surface area contributed by atoms with E-state index in [9.17, 15) is 13.2 Å². The molecular weight excluding hydrogens is 356 g/mol. The molecule has 2 aliphatic heterocycles. The first-order chi connectivity index (χ1) is 12.2. The van der Waals surface area contributed by atoms with Gasteiger partial charge in [-0.1, -0.05) is 6.07 Å². The van der Waals surface area contributed by atoms with E-state index in [0.717, 1.165) is 5.56 Å². The van der Waals surface area contributed by atoms with Gasteiger partial charge < -0.3 is 14.8 Å². The number of sulfonamides is 1. The number of rotatable bonds is 5. The van der Waals surface area contributed by atoms with Crippen molar-refractivity contribution in [3.8, 4) is 11.5 Å². The molecule has 0 aromatic heterocycles. The molecule has 1 aromatic carbocycles. The lowest BCUT2D eigenvalue weighted by molar-refractivity contribution is -0.127. The van der Waals surface area contributed by atoms with Crippen LogP contribution in [0.1, 0.15) is 39.2 Å². The molecule has 8 heteroatoms. The average molecular weight is 382 g/mol. The molecule has 26 heavy (non-hydrogen) atoms. The molecule has 1 saturated heterocycles. The lowest BCUT2D eigenvalue weighted by Gasteiger charge is -2.33. The monoisotopic (exact) mass is 382 g/mol. The molecule has 0 radical (unpaired) electrons. The van der Waals surface area contributed by atoms with Gasteiger partial charge in [0.15, 0.2) is 11.5 Å². The Hall–Kier alpha value is -1.80. The summed E-state index contributed by atoms with van der Waals surface area (Å²) in [4.78, 5) is 12.7. The van der Waals surface area contributed by atoms with E-state index in [1.54, 1.807) is 6.92 Å². The highest BCUT2D eigenvalue weighted by Gasteiger charge is 2.33. The molecule has 144 valence electrons. The van der Waals surface area contributed by atoms with Gasteiger partial charge in [0.2, 0.25) is 22.7 Å². The summed E-state index contributed by atoms with van der Waals surface area (Å²) in [5.74, 6) is 1.28. The highest BCUT2D eigenvalue weighted by atomic mass is 32.2. The maximum atomic E-state index is 12.7. The van der Waals surface area contributed by atoms with E-state index in [2.05, 4.69) is 5.32 Å². The molecule has 0 aliphatic carbocycles. The van der Waals surface area contributed by atoms with Crippen molar-refractivity contribution in [3.63, 3.8) is 0 Å². The zero-order valence-corrected chi connectivity index (χ0v) is 16.3. The Balaban J connectivity index is 1.62. The summed E-state index contributed by atoms with van der Waals surface area (Å²) in [5, 5.41) is 3.10.